The van der Waals surface area contributed by atoms with Gasteiger partial charge in [0.1, 0.15) is 10.6 Å². The molecule has 6 nitrogen and oxygen atoms in total. The minimum atomic E-state index is -3.76. The second kappa shape index (κ2) is 7.90. The molecule has 3 rings (SSSR count). The predicted molar refractivity (Wildman–Crippen MR) is 98.8 cm³/mol. The zero-order chi connectivity index (χ0) is 18.6. The standard InChI is InChI=1S/C18H17ClN2O4S/c1-24-16-8-7-14(19)11-18(16)26(22,23)20-10-9-15-12-17(25-21-15)13-5-3-2-4-6-13/h2-8,11-12,20H,9-10H2,1H3. The fourth-order valence-electron chi connectivity index (χ4n) is 2.42. The minimum Gasteiger partial charge on any atom is -0.495 e. The van der Waals surface area contributed by atoms with Gasteiger partial charge >= 0.3 is 0 Å². The van der Waals surface area contributed by atoms with Gasteiger partial charge in [0.25, 0.3) is 0 Å². The lowest BCUT2D eigenvalue weighted by Gasteiger charge is -2.10. The molecule has 2 aromatic carbocycles. The van der Waals surface area contributed by atoms with Crippen LogP contribution in [0.15, 0.2) is 64.0 Å². The highest BCUT2D eigenvalue weighted by molar-refractivity contribution is 7.89. The molecular formula is C18H17ClN2O4S. The van der Waals surface area contributed by atoms with E-state index < -0.39 is 10.0 Å². The summed E-state index contributed by atoms with van der Waals surface area (Å²) in [6.45, 7) is 0.165. The molecule has 1 aromatic heterocycles. The van der Waals surface area contributed by atoms with Crippen molar-refractivity contribution < 1.29 is 17.7 Å². The van der Waals surface area contributed by atoms with Crippen molar-refractivity contribution in [2.45, 2.75) is 11.3 Å². The van der Waals surface area contributed by atoms with Crippen molar-refractivity contribution in [2.75, 3.05) is 13.7 Å². The number of hydrogen-bond acceptors (Lipinski definition) is 5. The maximum absolute atomic E-state index is 12.5. The Kier molecular flexibility index (Phi) is 5.61. The SMILES string of the molecule is COc1ccc(Cl)cc1S(=O)(=O)NCCc1cc(-c2ccccc2)on1. The normalized spacial score (nSPS) is 11.5. The van der Waals surface area contributed by atoms with Gasteiger partial charge in [-0.25, -0.2) is 13.1 Å². The van der Waals surface area contributed by atoms with E-state index in [1.807, 2.05) is 30.3 Å². The van der Waals surface area contributed by atoms with Gasteiger partial charge in [0.2, 0.25) is 10.0 Å². The molecule has 3 aromatic rings. The molecule has 0 aliphatic carbocycles. The lowest BCUT2D eigenvalue weighted by atomic mass is 10.1. The molecule has 0 atom stereocenters. The van der Waals surface area contributed by atoms with Crippen molar-refractivity contribution in [3.63, 3.8) is 0 Å². The highest BCUT2D eigenvalue weighted by atomic mass is 35.5. The average Bonchev–Trinajstić information content (AvgIpc) is 3.11. The molecule has 136 valence electrons. The number of methoxy groups -OCH3 is 1. The van der Waals surface area contributed by atoms with Crippen LogP contribution in [-0.2, 0) is 16.4 Å². The molecule has 0 fully saturated rings. The van der Waals surface area contributed by atoms with Crippen LogP contribution in [0.5, 0.6) is 5.75 Å². The molecule has 0 saturated carbocycles. The highest BCUT2D eigenvalue weighted by Crippen LogP contribution is 2.27. The zero-order valence-corrected chi connectivity index (χ0v) is 15.5. The Labute approximate surface area is 156 Å². The van der Waals surface area contributed by atoms with Crippen LogP contribution in [0.2, 0.25) is 5.02 Å². The maximum Gasteiger partial charge on any atom is 0.244 e. The van der Waals surface area contributed by atoms with Crippen molar-refractivity contribution in [3.05, 3.63) is 65.3 Å². The van der Waals surface area contributed by atoms with E-state index in [4.69, 9.17) is 20.9 Å². The predicted octanol–water partition coefficient (Wildman–Crippen LogP) is 3.52. The number of rotatable bonds is 7. The van der Waals surface area contributed by atoms with Crippen molar-refractivity contribution >= 4 is 21.6 Å². The minimum absolute atomic E-state index is 0.00220. The Bertz CT molecular complexity index is 987. The number of nitrogens with zero attached hydrogens (tertiary/aromatic N) is 1. The van der Waals surface area contributed by atoms with E-state index >= 15 is 0 Å². The Morgan fingerprint density at radius 1 is 1.15 bits per heavy atom. The number of sulfonamides is 1. The van der Waals surface area contributed by atoms with Gasteiger partial charge in [0.05, 0.1) is 12.8 Å². The summed E-state index contributed by atoms with van der Waals surface area (Å²) in [5, 5.41) is 4.29. The van der Waals surface area contributed by atoms with Crippen molar-refractivity contribution in [1.82, 2.24) is 9.88 Å². The number of benzene rings is 2. The van der Waals surface area contributed by atoms with Crippen LogP contribution in [0, 0.1) is 0 Å². The quantitative estimate of drug-likeness (QED) is 0.665. The molecular weight excluding hydrogens is 376 g/mol. The zero-order valence-electron chi connectivity index (χ0n) is 14.0. The second-order valence-corrected chi connectivity index (χ2v) is 7.66. The summed E-state index contributed by atoms with van der Waals surface area (Å²) in [6, 6.07) is 15.8. The molecule has 0 aliphatic heterocycles. The third kappa shape index (κ3) is 4.24. The molecule has 0 unspecified atom stereocenters. The van der Waals surface area contributed by atoms with E-state index in [1.54, 1.807) is 12.1 Å². The van der Waals surface area contributed by atoms with Crippen LogP contribution in [0.1, 0.15) is 5.69 Å². The number of nitrogens with one attached hydrogen (secondary N) is 1. The van der Waals surface area contributed by atoms with Gasteiger partial charge in [0, 0.05) is 29.6 Å². The first-order chi connectivity index (χ1) is 12.5. The van der Waals surface area contributed by atoms with Gasteiger partial charge in [-0.2, -0.15) is 0 Å². The van der Waals surface area contributed by atoms with Crippen molar-refractivity contribution in [3.8, 4) is 17.1 Å². The topological polar surface area (TPSA) is 81.4 Å². The number of ether oxygens (including phenoxy) is 1. The van der Waals surface area contributed by atoms with Gasteiger partial charge in [-0.15, -0.1) is 0 Å². The van der Waals surface area contributed by atoms with Gasteiger partial charge < -0.3 is 9.26 Å². The molecule has 8 heteroatoms. The van der Waals surface area contributed by atoms with Crippen LogP contribution >= 0.6 is 11.6 Å². The second-order valence-electron chi connectivity index (χ2n) is 5.49. The molecule has 0 spiro atoms. The van der Waals surface area contributed by atoms with Crippen LogP contribution in [0.25, 0.3) is 11.3 Å². The molecule has 0 saturated heterocycles. The van der Waals surface area contributed by atoms with Gasteiger partial charge in [-0.05, 0) is 18.2 Å². The number of aromatic nitrogens is 1. The smallest absolute Gasteiger partial charge is 0.244 e. The Balaban J connectivity index is 1.66. The van der Waals surface area contributed by atoms with Crippen LogP contribution in [0.3, 0.4) is 0 Å². The number of halogens is 1. The van der Waals surface area contributed by atoms with E-state index in [2.05, 4.69) is 9.88 Å². The van der Waals surface area contributed by atoms with E-state index in [0.717, 1.165) is 5.56 Å². The summed E-state index contributed by atoms with van der Waals surface area (Å²) in [6.07, 6.45) is 0.387. The maximum atomic E-state index is 12.5. The summed E-state index contributed by atoms with van der Waals surface area (Å²) < 4.78 is 37.9. The summed E-state index contributed by atoms with van der Waals surface area (Å²) in [5.74, 6) is 0.870. The molecule has 26 heavy (non-hydrogen) atoms. The van der Waals surface area contributed by atoms with Crippen LogP contribution in [-0.4, -0.2) is 27.2 Å². The van der Waals surface area contributed by atoms with E-state index in [1.165, 1.54) is 19.2 Å². The molecule has 1 heterocycles. The van der Waals surface area contributed by atoms with Gasteiger partial charge in [-0.3, -0.25) is 0 Å². The summed E-state index contributed by atoms with van der Waals surface area (Å²) in [7, 11) is -2.35. The highest BCUT2D eigenvalue weighted by Gasteiger charge is 2.20. The third-order valence-electron chi connectivity index (χ3n) is 3.71. The lowest BCUT2D eigenvalue weighted by molar-refractivity contribution is 0.402. The third-order valence-corrected chi connectivity index (χ3v) is 5.42. The van der Waals surface area contributed by atoms with E-state index in [-0.39, 0.29) is 17.2 Å². The van der Waals surface area contributed by atoms with Crippen LogP contribution < -0.4 is 9.46 Å². The fourth-order valence-corrected chi connectivity index (χ4v) is 3.88. The average molecular weight is 393 g/mol. The first-order valence-corrected chi connectivity index (χ1v) is 9.70. The molecule has 0 radical (unpaired) electrons. The molecule has 0 bridgehead atoms. The summed E-state index contributed by atoms with van der Waals surface area (Å²) >= 11 is 5.90. The van der Waals surface area contributed by atoms with Crippen molar-refractivity contribution in [2.24, 2.45) is 0 Å². The summed E-state index contributed by atoms with van der Waals surface area (Å²) in [4.78, 5) is -0.00220. The first kappa shape index (κ1) is 18.4. The molecule has 0 amide bonds. The van der Waals surface area contributed by atoms with E-state index in [0.29, 0.717) is 22.9 Å². The lowest BCUT2D eigenvalue weighted by Crippen LogP contribution is -2.26. The largest absolute Gasteiger partial charge is 0.495 e. The van der Waals surface area contributed by atoms with Gasteiger partial charge in [-0.1, -0.05) is 47.1 Å². The molecule has 1 N–H and O–H groups in total. The fraction of sp³-hybridized carbons (Fsp3) is 0.167. The Morgan fingerprint density at radius 2 is 1.92 bits per heavy atom. The monoisotopic (exact) mass is 392 g/mol. The van der Waals surface area contributed by atoms with E-state index in [9.17, 15) is 8.42 Å². The Morgan fingerprint density at radius 3 is 2.65 bits per heavy atom. The Hall–Kier alpha value is -2.35. The number of hydrogen-bond donors (Lipinski definition) is 1. The van der Waals surface area contributed by atoms with Crippen LogP contribution in [0.4, 0.5) is 0 Å². The summed E-state index contributed by atoms with van der Waals surface area (Å²) in [5.41, 5.74) is 1.57. The first-order valence-electron chi connectivity index (χ1n) is 7.84. The van der Waals surface area contributed by atoms with Gasteiger partial charge in [0.15, 0.2) is 5.76 Å². The van der Waals surface area contributed by atoms with Crippen molar-refractivity contribution in [1.29, 1.82) is 0 Å². The molecule has 0 aliphatic rings.